The maximum atomic E-state index is 12.0. The summed E-state index contributed by atoms with van der Waals surface area (Å²) in [6, 6.07) is 8.97. The minimum absolute atomic E-state index is 0.124. The Kier molecular flexibility index (Phi) is 4.52. The number of halogens is 3. The van der Waals surface area contributed by atoms with Crippen molar-refractivity contribution in [3.05, 3.63) is 52.2 Å². The SMILES string of the molecule is CN(Cc1ccc(OC(F)(F)F)cc1)C(=O)c1cccs1. The highest BCUT2D eigenvalue weighted by Gasteiger charge is 2.30. The third-order valence-electron chi connectivity index (χ3n) is 2.66. The summed E-state index contributed by atoms with van der Waals surface area (Å²) in [5, 5.41) is 1.81. The van der Waals surface area contributed by atoms with Crippen molar-refractivity contribution in [3.8, 4) is 5.75 Å². The van der Waals surface area contributed by atoms with E-state index in [-0.39, 0.29) is 11.7 Å². The Balaban J connectivity index is 1.98. The van der Waals surface area contributed by atoms with Crippen molar-refractivity contribution < 1.29 is 22.7 Å². The molecule has 2 rings (SSSR count). The molecule has 0 aliphatic rings. The zero-order chi connectivity index (χ0) is 15.5. The molecule has 0 saturated carbocycles. The summed E-state index contributed by atoms with van der Waals surface area (Å²) in [5.74, 6) is -0.404. The summed E-state index contributed by atoms with van der Waals surface area (Å²) in [5.41, 5.74) is 0.719. The average Bonchev–Trinajstić information content (AvgIpc) is 2.92. The fourth-order valence-electron chi connectivity index (χ4n) is 1.73. The molecule has 1 aromatic carbocycles. The normalized spacial score (nSPS) is 11.2. The van der Waals surface area contributed by atoms with Gasteiger partial charge in [0.2, 0.25) is 0 Å². The van der Waals surface area contributed by atoms with Crippen LogP contribution in [0.5, 0.6) is 5.75 Å². The Morgan fingerprint density at radius 3 is 2.43 bits per heavy atom. The third-order valence-corrected chi connectivity index (χ3v) is 3.51. The lowest BCUT2D eigenvalue weighted by Crippen LogP contribution is -2.25. The van der Waals surface area contributed by atoms with Crippen LogP contribution in [-0.4, -0.2) is 24.2 Å². The van der Waals surface area contributed by atoms with Gasteiger partial charge in [-0.3, -0.25) is 4.79 Å². The molecule has 0 saturated heterocycles. The maximum Gasteiger partial charge on any atom is 0.573 e. The van der Waals surface area contributed by atoms with Crippen LogP contribution < -0.4 is 4.74 Å². The van der Waals surface area contributed by atoms with E-state index in [1.807, 2.05) is 5.38 Å². The molecular formula is C14H12F3NO2S. The van der Waals surface area contributed by atoms with E-state index in [2.05, 4.69) is 4.74 Å². The fourth-order valence-corrected chi connectivity index (χ4v) is 2.45. The molecule has 0 unspecified atom stereocenters. The van der Waals surface area contributed by atoms with Gasteiger partial charge in [0.25, 0.3) is 5.91 Å². The maximum absolute atomic E-state index is 12.0. The molecule has 7 heteroatoms. The summed E-state index contributed by atoms with van der Waals surface area (Å²) < 4.78 is 39.9. The van der Waals surface area contributed by atoms with Crippen molar-refractivity contribution in [3.63, 3.8) is 0 Å². The van der Waals surface area contributed by atoms with Crippen molar-refractivity contribution >= 4 is 17.2 Å². The van der Waals surface area contributed by atoms with Gasteiger partial charge in [-0.25, -0.2) is 0 Å². The smallest absolute Gasteiger partial charge is 0.406 e. The number of nitrogens with zero attached hydrogens (tertiary/aromatic N) is 1. The molecule has 3 nitrogen and oxygen atoms in total. The molecule has 1 aromatic heterocycles. The molecule has 2 aromatic rings. The predicted molar refractivity (Wildman–Crippen MR) is 73.2 cm³/mol. The van der Waals surface area contributed by atoms with Gasteiger partial charge in [0.05, 0.1) is 4.88 Å². The zero-order valence-electron chi connectivity index (χ0n) is 11.1. The molecular weight excluding hydrogens is 303 g/mol. The van der Waals surface area contributed by atoms with E-state index in [4.69, 9.17) is 0 Å². The summed E-state index contributed by atoms with van der Waals surface area (Å²) in [4.78, 5) is 14.2. The Labute approximate surface area is 123 Å². The second-order valence-corrected chi connectivity index (χ2v) is 5.28. The first kappa shape index (κ1) is 15.4. The highest BCUT2D eigenvalue weighted by Crippen LogP contribution is 2.23. The molecule has 112 valence electrons. The van der Waals surface area contributed by atoms with E-state index in [0.29, 0.717) is 11.4 Å². The molecule has 1 heterocycles. The molecule has 0 radical (unpaired) electrons. The monoisotopic (exact) mass is 315 g/mol. The average molecular weight is 315 g/mol. The van der Waals surface area contributed by atoms with E-state index < -0.39 is 6.36 Å². The lowest BCUT2D eigenvalue weighted by atomic mass is 10.2. The minimum Gasteiger partial charge on any atom is -0.406 e. The molecule has 0 aliphatic carbocycles. The highest BCUT2D eigenvalue weighted by molar-refractivity contribution is 7.12. The second kappa shape index (κ2) is 6.17. The van der Waals surface area contributed by atoms with Crippen molar-refractivity contribution in [1.29, 1.82) is 0 Å². The van der Waals surface area contributed by atoms with Gasteiger partial charge in [0, 0.05) is 13.6 Å². The quantitative estimate of drug-likeness (QED) is 0.856. The summed E-state index contributed by atoms with van der Waals surface area (Å²) in [6.45, 7) is 0.309. The lowest BCUT2D eigenvalue weighted by molar-refractivity contribution is -0.274. The van der Waals surface area contributed by atoms with Crippen LogP contribution in [0.25, 0.3) is 0 Å². The Hall–Kier alpha value is -2.02. The number of benzene rings is 1. The van der Waals surface area contributed by atoms with Gasteiger partial charge in [0.1, 0.15) is 5.75 Å². The van der Waals surface area contributed by atoms with Gasteiger partial charge in [-0.05, 0) is 29.1 Å². The van der Waals surface area contributed by atoms with E-state index in [0.717, 1.165) is 5.56 Å². The van der Waals surface area contributed by atoms with Crippen molar-refractivity contribution in [2.75, 3.05) is 7.05 Å². The number of alkyl halides is 3. The van der Waals surface area contributed by atoms with Crippen LogP contribution in [0, 0.1) is 0 Å². The Morgan fingerprint density at radius 1 is 1.24 bits per heavy atom. The Morgan fingerprint density at radius 2 is 1.90 bits per heavy atom. The molecule has 21 heavy (non-hydrogen) atoms. The predicted octanol–water partition coefficient (Wildman–Crippen LogP) is 3.92. The lowest BCUT2D eigenvalue weighted by Gasteiger charge is -2.16. The third kappa shape index (κ3) is 4.49. The van der Waals surface area contributed by atoms with Gasteiger partial charge in [0.15, 0.2) is 0 Å². The van der Waals surface area contributed by atoms with E-state index in [1.54, 1.807) is 19.2 Å². The molecule has 0 spiro atoms. The number of carbonyl (C=O) groups is 1. The summed E-state index contributed by atoms with van der Waals surface area (Å²) in [7, 11) is 1.64. The molecule has 1 amide bonds. The van der Waals surface area contributed by atoms with Gasteiger partial charge in [-0.2, -0.15) is 0 Å². The van der Waals surface area contributed by atoms with Gasteiger partial charge < -0.3 is 9.64 Å². The van der Waals surface area contributed by atoms with Gasteiger partial charge >= 0.3 is 6.36 Å². The first-order valence-corrected chi connectivity index (χ1v) is 6.87. The van der Waals surface area contributed by atoms with Crippen LogP contribution in [0.3, 0.4) is 0 Å². The molecule has 0 bridgehead atoms. The number of carbonyl (C=O) groups excluding carboxylic acids is 1. The molecule has 0 fully saturated rings. The number of ether oxygens (including phenoxy) is 1. The first-order chi connectivity index (χ1) is 9.85. The standard InChI is InChI=1S/C14H12F3NO2S/c1-18(13(19)12-3-2-8-21-12)9-10-4-6-11(7-5-10)20-14(15,16)17/h2-8H,9H2,1H3. The van der Waals surface area contributed by atoms with Crippen molar-refractivity contribution in [1.82, 2.24) is 4.90 Å². The topological polar surface area (TPSA) is 29.5 Å². The second-order valence-electron chi connectivity index (χ2n) is 4.33. The van der Waals surface area contributed by atoms with E-state index in [1.165, 1.54) is 40.5 Å². The van der Waals surface area contributed by atoms with Gasteiger partial charge in [-0.1, -0.05) is 18.2 Å². The van der Waals surface area contributed by atoms with Crippen molar-refractivity contribution in [2.45, 2.75) is 12.9 Å². The summed E-state index contributed by atoms with van der Waals surface area (Å²) >= 11 is 1.34. The van der Waals surface area contributed by atoms with Gasteiger partial charge in [-0.15, -0.1) is 24.5 Å². The fraction of sp³-hybridized carbons (Fsp3) is 0.214. The number of hydrogen-bond acceptors (Lipinski definition) is 3. The van der Waals surface area contributed by atoms with E-state index in [9.17, 15) is 18.0 Å². The van der Waals surface area contributed by atoms with Crippen molar-refractivity contribution in [2.24, 2.45) is 0 Å². The van der Waals surface area contributed by atoms with Crippen LogP contribution >= 0.6 is 11.3 Å². The van der Waals surface area contributed by atoms with Crippen LogP contribution in [0.1, 0.15) is 15.2 Å². The molecule has 0 aliphatic heterocycles. The van der Waals surface area contributed by atoms with Crippen LogP contribution in [0.2, 0.25) is 0 Å². The number of hydrogen-bond donors (Lipinski definition) is 0. The minimum atomic E-state index is -4.70. The van der Waals surface area contributed by atoms with Crippen LogP contribution in [0.4, 0.5) is 13.2 Å². The van der Waals surface area contributed by atoms with Crippen LogP contribution in [-0.2, 0) is 6.54 Å². The first-order valence-electron chi connectivity index (χ1n) is 5.99. The largest absolute Gasteiger partial charge is 0.573 e. The number of amides is 1. The Bertz CT molecular complexity index is 594. The zero-order valence-corrected chi connectivity index (χ0v) is 11.9. The van der Waals surface area contributed by atoms with Crippen LogP contribution in [0.15, 0.2) is 41.8 Å². The molecule has 0 N–H and O–H groups in total. The highest BCUT2D eigenvalue weighted by atomic mass is 32.1. The number of rotatable bonds is 4. The number of thiophene rings is 1. The molecule has 0 atom stereocenters. The van der Waals surface area contributed by atoms with E-state index >= 15 is 0 Å². The summed E-state index contributed by atoms with van der Waals surface area (Å²) in [6.07, 6.45) is -4.70.